The summed E-state index contributed by atoms with van der Waals surface area (Å²) in [5.41, 5.74) is -0.352. The Morgan fingerprint density at radius 3 is 2.09 bits per heavy atom. The summed E-state index contributed by atoms with van der Waals surface area (Å²) >= 11 is 0. The first-order valence-electron chi connectivity index (χ1n) is 10.9. The van der Waals surface area contributed by atoms with Gasteiger partial charge in [-0.2, -0.15) is 12.7 Å². The zero-order chi connectivity index (χ0) is 26.6. The van der Waals surface area contributed by atoms with E-state index in [0.29, 0.717) is 9.87 Å². The highest BCUT2D eigenvalue weighted by Crippen LogP contribution is 2.24. The number of carbonyl (C=O) groups excluding carboxylic acids is 2. The maximum Gasteiger partial charge on any atom is 0.304 e. The van der Waals surface area contributed by atoms with Gasteiger partial charge in [-0.05, 0) is 57.5 Å². The molecule has 0 aliphatic heterocycles. The van der Waals surface area contributed by atoms with Gasteiger partial charge in [-0.1, -0.05) is 24.3 Å². The van der Waals surface area contributed by atoms with Crippen LogP contribution in [0.3, 0.4) is 0 Å². The van der Waals surface area contributed by atoms with Crippen LogP contribution in [0.2, 0.25) is 0 Å². The molecule has 0 saturated carbocycles. The third-order valence-electron chi connectivity index (χ3n) is 5.07. The van der Waals surface area contributed by atoms with Crippen LogP contribution in [-0.2, 0) is 26.3 Å². The van der Waals surface area contributed by atoms with Gasteiger partial charge in [0, 0.05) is 26.2 Å². The Balaban J connectivity index is 2.48. The molecule has 1 atom stereocenters. The molecule has 2 amide bonds. The molecule has 0 radical (unpaired) electrons. The van der Waals surface area contributed by atoms with Crippen molar-refractivity contribution in [1.82, 2.24) is 14.5 Å². The highest BCUT2D eigenvalue weighted by atomic mass is 32.2. The number of amides is 2. The Hall–Kier alpha value is -3.05. The van der Waals surface area contributed by atoms with Crippen molar-refractivity contribution in [1.29, 1.82) is 0 Å². The number of hydrogen-bond donors (Lipinski definition) is 1. The molecule has 2 rings (SSSR count). The first-order chi connectivity index (χ1) is 16.1. The van der Waals surface area contributed by atoms with Crippen molar-refractivity contribution in [3.8, 4) is 0 Å². The molecule has 2 aromatic carbocycles. The summed E-state index contributed by atoms with van der Waals surface area (Å²) in [6.07, 6.45) is 0. The number of carbonyl (C=O) groups is 2. The zero-order valence-corrected chi connectivity index (χ0v) is 21.6. The number of halogens is 2. The maximum atomic E-state index is 14.6. The summed E-state index contributed by atoms with van der Waals surface area (Å²) in [5.74, 6) is -2.48. The third kappa shape index (κ3) is 7.46. The highest BCUT2D eigenvalue weighted by Gasteiger charge is 2.34. The molecule has 2 aromatic rings. The Kier molecular flexibility index (Phi) is 8.96. The highest BCUT2D eigenvalue weighted by molar-refractivity contribution is 7.90. The van der Waals surface area contributed by atoms with Crippen molar-refractivity contribution >= 4 is 27.7 Å². The van der Waals surface area contributed by atoms with Gasteiger partial charge in [-0.15, -0.1) is 0 Å². The van der Waals surface area contributed by atoms with E-state index in [1.807, 2.05) is 0 Å². The normalized spacial score (nSPS) is 12.8. The van der Waals surface area contributed by atoms with Gasteiger partial charge < -0.3 is 10.2 Å². The number of nitrogens with one attached hydrogen (secondary N) is 1. The summed E-state index contributed by atoms with van der Waals surface area (Å²) in [7, 11) is -1.73. The number of nitrogens with zero attached hydrogens (tertiary/aromatic N) is 3. The van der Waals surface area contributed by atoms with Crippen LogP contribution < -0.4 is 9.62 Å². The van der Waals surface area contributed by atoms with Gasteiger partial charge in [-0.25, -0.2) is 13.1 Å². The fraction of sp³-hybridized carbons (Fsp3) is 0.417. The van der Waals surface area contributed by atoms with E-state index in [0.717, 1.165) is 10.4 Å². The van der Waals surface area contributed by atoms with Crippen molar-refractivity contribution in [2.24, 2.45) is 0 Å². The molecule has 192 valence electrons. The van der Waals surface area contributed by atoms with Crippen LogP contribution in [0.25, 0.3) is 0 Å². The molecule has 0 heterocycles. The fourth-order valence-corrected chi connectivity index (χ4v) is 4.26. The monoisotopic (exact) mass is 510 g/mol. The van der Waals surface area contributed by atoms with E-state index in [2.05, 4.69) is 5.32 Å². The molecule has 1 unspecified atom stereocenters. The molecule has 35 heavy (non-hydrogen) atoms. The molecule has 0 aliphatic carbocycles. The minimum absolute atomic E-state index is 0.0923. The summed E-state index contributed by atoms with van der Waals surface area (Å²) in [6.45, 7) is 6.02. The zero-order valence-electron chi connectivity index (χ0n) is 20.7. The fourth-order valence-electron chi connectivity index (χ4n) is 3.20. The SMILES string of the molecule is CC(C(=O)NC(C)(C)C)N(Cc1ccc(F)cc1)C(=O)CN(c1ccccc1F)S(=O)(=O)N(C)C. The van der Waals surface area contributed by atoms with Gasteiger partial charge in [0.25, 0.3) is 0 Å². The van der Waals surface area contributed by atoms with Crippen molar-refractivity contribution in [3.63, 3.8) is 0 Å². The van der Waals surface area contributed by atoms with Crippen molar-refractivity contribution in [2.75, 3.05) is 24.9 Å². The van der Waals surface area contributed by atoms with E-state index in [1.54, 1.807) is 20.8 Å². The van der Waals surface area contributed by atoms with Crippen molar-refractivity contribution in [2.45, 2.75) is 45.8 Å². The van der Waals surface area contributed by atoms with Crippen LogP contribution in [0.1, 0.15) is 33.3 Å². The minimum atomic E-state index is -4.27. The second-order valence-corrected chi connectivity index (χ2v) is 11.4. The van der Waals surface area contributed by atoms with Crippen molar-refractivity contribution < 1.29 is 26.8 Å². The molecule has 0 aromatic heterocycles. The number of hydrogen-bond acceptors (Lipinski definition) is 4. The predicted octanol–water partition coefficient (Wildman–Crippen LogP) is 2.91. The molecule has 0 aliphatic rings. The van der Waals surface area contributed by atoms with Crippen LogP contribution in [0.4, 0.5) is 14.5 Å². The lowest BCUT2D eigenvalue weighted by molar-refractivity contribution is -0.140. The number of para-hydroxylation sites is 1. The van der Waals surface area contributed by atoms with E-state index in [4.69, 9.17) is 0 Å². The van der Waals surface area contributed by atoms with Crippen LogP contribution in [0, 0.1) is 11.6 Å². The van der Waals surface area contributed by atoms with Gasteiger partial charge in [0.15, 0.2) is 0 Å². The lowest BCUT2D eigenvalue weighted by atomic mass is 10.1. The lowest BCUT2D eigenvalue weighted by Crippen LogP contribution is -2.55. The first kappa shape index (κ1) is 28.2. The van der Waals surface area contributed by atoms with E-state index >= 15 is 0 Å². The number of anilines is 1. The molecule has 0 spiro atoms. The number of benzene rings is 2. The third-order valence-corrected chi connectivity index (χ3v) is 6.88. The smallest absolute Gasteiger partial charge is 0.304 e. The van der Waals surface area contributed by atoms with Gasteiger partial charge >= 0.3 is 10.2 Å². The molecule has 0 saturated heterocycles. The standard InChI is InChI=1S/C24H32F2N4O4S/c1-17(23(32)27-24(2,3)4)29(15-18-11-13-19(25)14-12-18)22(31)16-30(35(33,34)28(5)6)21-10-8-7-9-20(21)26/h7-14,17H,15-16H2,1-6H3,(H,27,32). The average Bonchev–Trinajstić information content (AvgIpc) is 2.75. The molecule has 0 fully saturated rings. The molecule has 8 nitrogen and oxygen atoms in total. The minimum Gasteiger partial charge on any atom is -0.350 e. The maximum absolute atomic E-state index is 14.6. The molecule has 11 heteroatoms. The lowest BCUT2D eigenvalue weighted by Gasteiger charge is -2.34. The van der Waals surface area contributed by atoms with E-state index < -0.39 is 51.8 Å². The van der Waals surface area contributed by atoms with Crippen LogP contribution in [-0.4, -0.2) is 61.7 Å². The van der Waals surface area contributed by atoms with Crippen LogP contribution in [0.5, 0.6) is 0 Å². The Bertz CT molecular complexity index is 1150. The second kappa shape index (κ2) is 11.1. The molecule has 0 bridgehead atoms. The molecule has 1 N–H and O–H groups in total. The summed E-state index contributed by atoms with van der Waals surface area (Å²) in [4.78, 5) is 27.6. The summed E-state index contributed by atoms with van der Waals surface area (Å²) in [6, 6.07) is 9.58. The number of rotatable bonds is 9. The average molecular weight is 511 g/mol. The second-order valence-electron chi connectivity index (χ2n) is 9.31. The van der Waals surface area contributed by atoms with E-state index in [9.17, 15) is 26.8 Å². The molecular weight excluding hydrogens is 478 g/mol. The quantitative estimate of drug-likeness (QED) is 0.562. The summed E-state index contributed by atoms with van der Waals surface area (Å²) < 4.78 is 55.6. The first-order valence-corrected chi connectivity index (χ1v) is 12.3. The van der Waals surface area contributed by atoms with Gasteiger partial charge in [0.1, 0.15) is 24.2 Å². The van der Waals surface area contributed by atoms with Gasteiger partial charge in [-0.3, -0.25) is 9.59 Å². The van der Waals surface area contributed by atoms with Gasteiger partial charge in [0.2, 0.25) is 11.8 Å². The largest absolute Gasteiger partial charge is 0.350 e. The van der Waals surface area contributed by atoms with E-state index in [-0.39, 0.29) is 12.2 Å². The summed E-state index contributed by atoms with van der Waals surface area (Å²) in [5, 5.41) is 2.80. The van der Waals surface area contributed by atoms with Gasteiger partial charge in [0.05, 0.1) is 5.69 Å². The van der Waals surface area contributed by atoms with E-state index in [1.165, 1.54) is 68.4 Å². The Morgan fingerprint density at radius 2 is 1.57 bits per heavy atom. The van der Waals surface area contributed by atoms with Crippen LogP contribution >= 0.6 is 0 Å². The molecular formula is C24H32F2N4O4S. The Labute approximate surface area is 205 Å². The van der Waals surface area contributed by atoms with Crippen molar-refractivity contribution in [3.05, 3.63) is 65.7 Å². The van der Waals surface area contributed by atoms with Crippen LogP contribution in [0.15, 0.2) is 48.5 Å². The Morgan fingerprint density at radius 1 is 1.00 bits per heavy atom. The topological polar surface area (TPSA) is 90.0 Å². The predicted molar refractivity (Wildman–Crippen MR) is 131 cm³/mol.